The van der Waals surface area contributed by atoms with Crippen LogP contribution in [0.15, 0.2) is 41.4 Å². The van der Waals surface area contributed by atoms with Gasteiger partial charge in [0, 0.05) is 25.7 Å². The van der Waals surface area contributed by atoms with Crippen LogP contribution in [0.25, 0.3) is 0 Å². The van der Waals surface area contributed by atoms with Gasteiger partial charge in [0.2, 0.25) is 6.79 Å². The summed E-state index contributed by atoms with van der Waals surface area (Å²) in [5.41, 5.74) is 2.14. The van der Waals surface area contributed by atoms with Crippen molar-refractivity contribution in [3.8, 4) is 23.0 Å². The minimum absolute atomic E-state index is 0.267. The number of methoxy groups -OCH3 is 1. The molecule has 1 heterocycles. The second-order valence-electron chi connectivity index (χ2n) is 7.44. The van der Waals surface area contributed by atoms with E-state index >= 15 is 0 Å². The third-order valence-electron chi connectivity index (χ3n) is 5.43. The summed E-state index contributed by atoms with van der Waals surface area (Å²) in [6, 6.07) is 11.9. The van der Waals surface area contributed by atoms with Crippen molar-refractivity contribution in [3.05, 3.63) is 47.5 Å². The molecule has 2 N–H and O–H groups in total. The summed E-state index contributed by atoms with van der Waals surface area (Å²) in [6.07, 6.45) is 4.92. The summed E-state index contributed by atoms with van der Waals surface area (Å²) in [7, 11) is 3.44. The fourth-order valence-electron chi connectivity index (χ4n) is 3.80. The van der Waals surface area contributed by atoms with Crippen LogP contribution >= 0.6 is 0 Å². The van der Waals surface area contributed by atoms with Gasteiger partial charge < -0.3 is 29.6 Å². The van der Waals surface area contributed by atoms with Gasteiger partial charge in [0.05, 0.1) is 13.2 Å². The minimum atomic E-state index is 0.267. The van der Waals surface area contributed by atoms with Crippen LogP contribution in [0, 0.1) is 0 Å². The molecule has 1 aliphatic heterocycles. The highest BCUT2D eigenvalue weighted by molar-refractivity contribution is 5.79. The molecule has 0 spiro atoms. The number of nitrogens with zero attached hydrogens (tertiary/aromatic N) is 1. The third kappa shape index (κ3) is 4.72. The topological polar surface area (TPSA) is 73.3 Å². The van der Waals surface area contributed by atoms with Gasteiger partial charge in [0.15, 0.2) is 29.0 Å². The van der Waals surface area contributed by atoms with Crippen molar-refractivity contribution in [1.82, 2.24) is 10.6 Å². The summed E-state index contributed by atoms with van der Waals surface area (Å²) in [4.78, 5) is 4.33. The molecule has 2 aromatic carbocycles. The number of hydrogen-bond donors (Lipinski definition) is 2. The SMILES string of the molecule is CN=C(NCc1ccc2c(c1)OCO2)NCc1cccc(OC)c1OC1CCCC1. The van der Waals surface area contributed by atoms with Gasteiger partial charge in [-0.05, 0) is 49.4 Å². The molecule has 2 aromatic rings. The molecule has 0 aromatic heterocycles. The third-order valence-corrected chi connectivity index (χ3v) is 5.43. The Morgan fingerprint density at radius 1 is 1.07 bits per heavy atom. The lowest BCUT2D eigenvalue weighted by Gasteiger charge is -2.20. The maximum absolute atomic E-state index is 6.32. The number of ether oxygens (including phenoxy) is 4. The number of nitrogens with one attached hydrogen (secondary N) is 2. The molecular weight excluding hydrogens is 382 g/mol. The van der Waals surface area contributed by atoms with E-state index in [-0.39, 0.29) is 12.9 Å². The second kappa shape index (κ2) is 9.61. The number of aliphatic imine (C=N–C) groups is 1. The van der Waals surface area contributed by atoms with Crippen molar-refractivity contribution < 1.29 is 18.9 Å². The molecule has 1 aliphatic carbocycles. The predicted octanol–water partition coefficient (Wildman–Crippen LogP) is 3.61. The molecule has 0 amide bonds. The van der Waals surface area contributed by atoms with Crippen molar-refractivity contribution in [2.45, 2.75) is 44.9 Å². The van der Waals surface area contributed by atoms with Gasteiger partial charge in [0.25, 0.3) is 0 Å². The van der Waals surface area contributed by atoms with Gasteiger partial charge >= 0.3 is 0 Å². The highest BCUT2D eigenvalue weighted by Gasteiger charge is 2.20. The van der Waals surface area contributed by atoms with Gasteiger partial charge in [-0.1, -0.05) is 18.2 Å². The van der Waals surface area contributed by atoms with Crippen LogP contribution in [0.5, 0.6) is 23.0 Å². The molecule has 0 atom stereocenters. The normalized spacial score (nSPS) is 15.9. The lowest BCUT2D eigenvalue weighted by molar-refractivity contribution is 0.174. The highest BCUT2D eigenvalue weighted by atomic mass is 16.7. The first-order chi connectivity index (χ1) is 14.8. The first-order valence-electron chi connectivity index (χ1n) is 10.4. The van der Waals surface area contributed by atoms with Gasteiger partial charge in [-0.2, -0.15) is 0 Å². The Labute approximate surface area is 177 Å². The van der Waals surface area contributed by atoms with Crippen LogP contribution in [0.4, 0.5) is 0 Å². The van der Waals surface area contributed by atoms with Crippen molar-refractivity contribution in [2.75, 3.05) is 21.0 Å². The van der Waals surface area contributed by atoms with Crippen LogP contribution in [0.3, 0.4) is 0 Å². The van der Waals surface area contributed by atoms with Gasteiger partial charge in [-0.15, -0.1) is 0 Å². The van der Waals surface area contributed by atoms with E-state index in [0.29, 0.717) is 19.0 Å². The van der Waals surface area contributed by atoms with Crippen LogP contribution in [0.2, 0.25) is 0 Å². The average molecular weight is 412 g/mol. The number of benzene rings is 2. The maximum atomic E-state index is 6.32. The Bertz CT molecular complexity index is 894. The molecule has 1 fully saturated rings. The smallest absolute Gasteiger partial charge is 0.231 e. The molecule has 2 aliphatic rings. The minimum Gasteiger partial charge on any atom is -0.493 e. The van der Waals surface area contributed by atoms with Crippen molar-refractivity contribution in [1.29, 1.82) is 0 Å². The van der Waals surface area contributed by atoms with E-state index in [1.807, 2.05) is 30.3 Å². The number of fused-ring (bicyclic) bond motifs is 1. The summed E-state index contributed by atoms with van der Waals surface area (Å²) >= 11 is 0. The number of hydrogen-bond acceptors (Lipinski definition) is 5. The molecule has 30 heavy (non-hydrogen) atoms. The monoisotopic (exact) mass is 411 g/mol. The standard InChI is InChI=1S/C23H29N3O4/c1-24-23(25-13-16-10-11-19-21(12-16)29-15-28-19)26-14-17-6-5-9-20(27-2)22(17)30-18-7-3-4-8-18/h5-6,9-12,18H,3-4,7-8,13-15H2,1-2H3,(H2,24,25,26). The quantitative estimate of drug-likeness (QED) is 0.536. The Morgan fingerprint density at radius 3 is 2.67 bits per heavy atom. The van der Waals surface area contributed by atoms with Crippen LogP contribution < -0.4 is 29.6 Å². The summed E-state index contributed by atoms with van der Waals surface area (Å²) < 4.78 is 22.7. The van der Waals surface area contributed by atoms with Crippen molar-refractivity contribution in [2.24, 2.45) is 4.99 Å². The fourth-order valence-corrected chi connectivity index (χ4v) is 3.80. The molecule has 0 radical (unpaired) electrons. The molecule has 1 saturated carbocycles. The maximum Gasteiger partial charge on any atom is 0.231 e. The van der Waals surface area contributed by atoms with Crippen molar-refractivity contribution in [3.63, 3.8) is 0 Å². The molecular formula is C23H29N3O4. The Morgan fingerprint density at radius 2 is 1.87 bits per heavy atom. The van der Waals surface area contributed by atoms with Crippen LogP contribution in [0.1, 0.15) is 36.8 Å². The average Bonchev–Trinajstić information content (AvgIpc) is 3.46. The van der Waals surface area contributed by atoms with E-state index in [1.54, 1.807) is 14.2 Å². The number of para-hydroxylation sites is 1. The van der Waals surface area contributed by atoms with E-state index in [0.717, 1.165) is 47.0 Å². The lowest BCUT2D eigenvalue weighted by Crippen LogP contribution is -2.36. The highest BCUT2D eigenvalue weighted by Crippen LogP contribution is 2.35. The van der Waals surface area contributed by atoms with E-state index in [4.69, 9.17) is 18.9 Å². The largest absolute Gasteiger partial charge is 0.493 e. The zero-order valence-electron chi connectivity index (χ0n) is 17.6. The number of guanidine groups is 1. The predicted molar refractivity (Wildman–Crippen MR) is 115 cm³/mol. The molecule has 7 heteroatoms. The molecule has 160 valence electrons. The van der Waals surface area contributed by atoms with Gasteiger partial charge in [-0.3, -0.25) is 4.99 Å². The first kappa shape index (κ1) is 20.2. The second-order valence-corrected chi connectivity index (χ2v) is 7.44. The van der Waals surface area contributed by atoms with Gasteiger partial charge in [-0.25, -0.2) is 0 Å². The van der Waals surface area contributed by atoms with Crippen LogP contribution in [-0.2, 0) is 13.1 Å². The summed E-state index contributed by atoms with van der Waals surface area (Å²) in [5.74, 6) is 3.87. The molecule has 0 saturated heterocycles. The van der Waals surface area contributed by atoms with Crippen molar-refractivity contribution >= 4 is 5.96 Å². The fraction of sp³-hybridized carbons (Fsp3) is 0.435. The van der Waals surface area contributed by atoms with E-state index in [9.17, 15) is 0 Å². The van der Waals surface area contributed by atoms with Crippen LogP contribution in [-0.4, -0.2) is 33.0 Å². The lowest BCUT2D eigenvalue weighted by atomic mass is 10.1. The van der Waals surface area contributed by atoms with Gasteiger partial charge in [0.1, 0.15) is 0 Å². The van der Waals surface area contributed by atoms with E-state index in [1.165, 1.54) is 12.8 Å². The zero-order valence-corrected chi connectivity index (χ0v) is 17.6. The first-order valence-corrected chi connectivity index (χ1v) is 10.4. The molecule has 0 bridgehead atoms. The number of rotatable bonds is 7. The Balaban J connectivity index is 1.37. The summed E-state index contributed by atoms with van der Waals surface area (Å²) in [6.45, 7) is 1.49. The van der Waals surface area contributed by atoms with E-state index in [2.05, 4.69) is 21.7 Å². The molecule has 4 rings (SSSR count). The summed E-state index contributed by atoms with van der Waals surface area (Å²) in [5, 5.41) is 6.71. The Hall–Kier alpha value is -3.09. The molecule has 7 nitrogen and oxygen atoms in total. The van der Waals surface area contributed by atoms with E-state index < -0.39 is 0 Å². The zero-order chi connectivity index (χ0) is 20.8. The molecule has 0 unspecified atom stereocenters. The Kier molecular flexibility index (Phi) is 6.47.